The molecule has 0 spiro atoms. The van der Waals surface area contributed by atoms with Crippen molar-refractivity contribution >= 4 is 22.8 Å². The number of hydrogen-bond donors (Lipinski definition) is 3. The molecule has 2 heterocycles. The third-order valence-corrected chi connectivity index (χ3v) is 4.12. The number of hydrogen-bond acceptors (Lipinski definition) is 5. The van der Waals surface area contributed by atoms with Gasteiger partial charge in [0.1, 0.15) is 22.6 Å². The summed E-state index contributed by atoms with van der Waals surface area (Å²) in [5.41, 5.74) is 13.9. The molecule has 0 atom stereocenters. The molecule has 0 aliphatic heterocycles. The van der Waals surface area contributed by atoms with E-state index in [2.05, 4.69) is 5.10 Å². The van der Waals surface area contributed by atoms with Gasteiger partial charge in [-0.1, -0.05) is 6.07 Å². The summed E-state index contributed by atoms with van der Waals surface area (Å²) < 4.78 is 2.65. The standard InChI is InChI=1S/C16H17N5O3/c1-7-4-5-10(22)8(2)14(7)21-9-6-11(23)20(3)19-13(9)12(15(21)17)16(18)24/h4-6,22H,17H2,1-3H3,(H2,18,24). The number of nitrogen functional groups attached to an aromatic ring is 1. The number of anilines is 1. The Morgan fingerprint density at radius 2 is 1.96 bits per heavy atom. The zero-order valence-electron chi connectivity index (χ0n) is 13.5. The van der Waals surface area contributed by atoms with Crippen molar-refractivity contribution in [3.8, 4) is 11.4 Å². The predicted octanol–water partition coefficient (Wildman–Crippen LogP) is 0.728. The van der Waals surface area contributed by atoms with Crippen LogP contribution in [0.5, 0.6) is 5.75 Å². The predicted molar refractivity (Wildman–Crippen MR) is 90.4 cm³/mol. The van der Waals surface area contributed by atoms with Crippen LogP contribution in [0.2, 0.25) is 0 Å². The van der Waals surface area contributed by atoms with Gasteiger partial charge in [0.2, 0.25) is 0 Å². The van der Waals surface area contributed by atoms with E-state index in [1.54, 1.807) is 19.1 Å². The third-order valence-electron chi connectivity index (χ3n) is 4.12. The molecule has 0 unspecified atom stereocenters. The number of benzene rings is 1. The molecule has 8 heteroatoms. The number of nitrogens with zero attached hydrogens (tertiary/aromatic N) is 3. The summed E-state index contributed by atoms with van der Waals surface area (Å²) in [6, 6.07) is 4.64. The Kier molecular flexibility index (Phi) is 3.33. The molecule has 24 heavy (non-hydrogen) atoms. The van der Waals surface area contributed by atoms with Crippen molar-refractivity contribution in [2.45, 2.75) is 13.8 Å². The SMILES string of the molecule is Cc1ccc(O)c(C)c1-n1c(N)c(C(N)=O)c2nn(C)c(=O)cc21. The fourth-order valence-electron chi connectivity index (χ4n) is 2.89. The topological polar surface area (TPSA) is 129 Å². The van der Waals surface area contributed by atoms with Gasteiger partial charge in [0.15, 0.2) is 0 Å². The maximum absolute atomic E-state index is 12.0. The highest BCUT2D eigenvalue weighted by Crippen LogP contribution is 2.34. The molecule has 5 N–H and O–H groups in total. The van der Waals surface area contributed by atoms with E-state index in [-0.39, 0.29) is 28.2 Å². The first-order chi connectivity index (χ1) is 11.2. The van der Waals surface area contributed by atoms with E-state index in [0.29, 0.717) is 16.8 Å². The molecule has 0 saturated heterocycles. The van der Waals surface area contributed by atoms with Gasteiger partial charge in [0, 0.05) is 18.7 Å². The van der Waals surface area contributed by atoms with Crippen molar-refractivity contribution < 1.29 is 9.90 Å². The minimum atomic E-state index is -0.738. The molecule has 1 aromatic carbocycles. The number of fused-ring (bicyclic) bond motifs is 1. The number of phenols is 1. The van der Waals surface area contributed by atoms with Crippen molar-refractivity contribution in [3.63, 3.8) is 0 Å². The molecule has 0 radical (unpaired) electrons. The smallest absolute Gasteiger partial charge is 0.268 e. The Balaban J connectivity index is 2.57. The second-order valence-corrected chi connectivity index (χ2v) is 5.68. The van der Waals surface area contributed by atoms with E-state index < -0.39 is 5.91 Å². The highest BCUT2D eigenvalue weighted by Gasteiger charge is 2.24. The van der Waals surface area contributed by atoms with Gasteiger partial charge in [0.05, 0.1) is 11.2 Å². The Morgan fingerprint density at radius 1 is 1.29 bits per heavy atom. The molecular formula is C16H17N5O3. The molecule has 2 aromatic heterocycles. The number of aryl methyl sites for hydroxylation is 2. The second kappa shape index (κ2) is 5.12. The summed E-state index contributed by atoms with van der Waals surface area (Å²) in [6.45, 7) is 3.56. The van der Waals surface area contributed by atoms with Crippen LogP contribution in [0, 0.1) is 13.8 Å². The summed E-state index contributed by atoms with van der Waals surface area (Å²) in [4.78, 5) is 23.9. The fourth-order valence-corrected chi connectivity index (χ4v) is 2.89. The zero-order chi connectivity index (χ0) is 17.8. The molecule has 124 valence electrons. The molecule has 1 amide bonds. The lowest BCUT2D eigenvalue weighted by Gasteiger charge is -2.15. The summed E-state index contributed by atoms with van der Waals surface area (Å²) in [6.07, 6.45) is 0. The van der Waals surface area contributed by atoms with Crippen LogP contribution in [0.15, 0.2) is 23.0 Å². The van der Waals surface area contributed by atoms with Gasteiger partial charge in [-0.05, 0) is 25.5 Å². The van der Waals surface area contributed by atoms with E-state index in [4.69, 9.17) is 11.5 Å². The van der Waals surface area contributed by atoms with Gasteiger partial charge in [0.25, 0.3) is 11.5 Å². The maximum Gasteiger partial charge on any atom is 0.268 e. The van der Waals surface area contributed by atoms with E-state index in [1.807, 2.05) is 6.92 Å². The van der Waals surface area contributed by atoms with Gasteiger partial charge >= 0.3 is 0 Å². The molecule has 0 aliphatic rings. The number of aromatic nitrogens is 3. The van der Waals surface area contributed by atoms with Crippen molar-refractivity contribution in [1.82, 2.24) is 14.3 Å². The van der Waals surface area contributed by atoms with Gasteiger partial charge in [-0.25, -0.2) is 4.68 Å². The quantitative estimate of drug-likeness (QED) is 0.639. The Hall–Kier alpha value is -3.29. The van der Waals surface area contributed by atoms with Crippen LogP contribution in [0.4, 0.5) is 5.82 Å². The monoisotopic (exact) mass is 327 g/mol. The van der Waals surface area contributed by atoms with Crippen LogP contribution in [0.3, 0.4) is 0 Å². The lowest BCUT2D eigenvalue weighted by molar-refractivity contribution is 0.100. The number of rotatable bonds is 2. The molecule has 0 fully saturated rings. The number of amides is 1. The number of phenolic OH excluding ortho intramolecular Hbond substituents is 1. The minimum absolute atomic E-state index is 0.0442. The summed E-state index contributed by atoms with van der Waals surface area (Å²) in [5.74, 6) is -0.584. The molecule has 3 aromatic rings. The van der Waals surface area contributed by atoms with Gasteiger partial charge in [-0.15, -0.1) is 0 Å². The number of nitrogens with two attached hydrogens (primary N) is 2. The first kappa shape index (κ1) is 15.6. The normalized spacial score (nSPS) is 11.1. The third kappa shape index (κ3) is 2.03. The lowest BCUT2D eigenvalue weighted by atomic mass is 10.1. The molecular weight excluding hydrogens is 310 g/mol. The van der Waals surface area contributed by atoms with Crippen LogP contribution in [0.1, 0.15) is 21.5 Å². The summed E-state index contributed by atoms with van der Waals surface area (Å²) >= 11 is 0. The molecule has 8 nitrogen and oxygen atoms in total. The van der Waals surface area contributed by atoms with E-state index in [0.717, 1.165) is 10.2 Å². The Morgan fingerprint density at radius 3 is 2.58 bits per heavy atom. The Bertz CT molecular complexity index is 1060. The van der Waals surface area contributed by atoms with Gasteiger partial charge in [-0.3, -0.25) is 14.2 Å². The van der Waals surface area contributed by atoms with Crippen LogP contribution in [-0.2, 0) is 7.05 Å². The highest BCUT2D eigenvalue weighted by atomic mass is 16.3. The number of carbonyl (C=O) groups excluding carboxylic acids is 1. The van der Waals surface area contributed by atoms with Gasteiger partial charge < -0.3 is 16.6 Å². The van der Waals surface area contributed by atoms with Crippen LogP contribution < -0.4 is 17.0 Å². The van der Waals surface area contributed by atoms with Crippen molar-refractivity contribution in [3.05, 3.63) is 45.2 Å². The number of primary amides is 1. The van der Waals surface area contributed by atoms with E-state index in [1.165, 1.54) is 17.7 Å². The van der Waals surface area contributed by atoms with Crippen molar-refractivity contribution in [2.24, 2.45) is 12.8 Å². The zero-order valence-corrected chi connectivity index (χ0v) is 13.5. The number of aromatic hydroxyl groups is 1. The molecule has 0 bridgehead atoms. The second-order valence-electron chi connectivity index (χ2n) is 5.68. The average Bonchev–Trinajstić information content (AvgIpc) is 2.77. The van der Waals surface area contributed by atoms with Crippen molar-refractivity contribution in [2.75, 3.05) is 5.73 Å². The number of carbonyl (C=O) groups is 1. The van der Waals surface area contributed by atoms with Gasteiger partial charge in [-0.2, -0.15) is 5.10 Å². The molecule has 0 saturated carbocycles. The first-order valence-corrected chi connectivity index (χ1v) is 7.21. The maximum atomic E-state index is 12.0. The molecule has 3 rings (SSSR count). The van der Waals surface area contributed by atoms with Crippen molar-refractivity contribution in [1.29, 1.82) is 0 Å². The largest absolute Gasteiger partial charge is 0.508 e. The minimum Gasteiger partial charge on any atom is -0.508 e. The summed E-state index contributed by atoms with van der Waals surface area (Å²) in [7, 11) is 1.48. The molecule has 0 aliphatic carbocycles. The summed E-state index contributed by atoms with van der Waals surface area (Å²) in [5, 5.41) is 14.2. The lowest BCUT2D eigenvalue weighted by Crippen LogP contribution is -2.19. The van der Waals surface area contributed by atoms with Crippen LogP contribution in [-0.4, -0.2) is 25.4 Å². The van der Waals surface area contributed by atoms with E-state index in [9.17, 15) is 14.7 Å². The first-order valence-electron chi connectivity index (χ1n) is 7.21. The average molecular weight is 327 g/mol. The van der Waals surface area contributed by atoms with Crippen LogP contribution >= 0.6 is 0 Å². The van der Waals surface area contributed by atoms with Crippen LogP contribution in [0.25, 0.3) is 16.7 Å². The Labute approximate surface area is 136 Å². The highest BCUT2D eigenvalue weighted by molar-refractivity contribution is 6.10. The van der Waals surface area contributed by atoms with E-state index >= 15 is 0 Å². The fraction of sp³-hybridized carbons (Fsp3) is 0.188.